The molecule has 1 aromatic heterocycles. The Kier molecular flexibility index (Phi) is 4.26. The molecule has 0 aliphatic carbocycles. The summed E-state index contributed by atoms with van der Waals surface area (Å²) in [6.07, 6.45) is -0.583. The second kappa shape index (κ2) is 6.22. The largest absolute Gasteiger partial charge is 0.324 e. The van der Waals surface area contributed by atoms with Gasteiger partial charge in [-0.2, -0.15) is 5.10 Å². The minimum atomic E-state index is -2.67. The topological polar surface area (TPSA) is 50.2 Å². The molecule has 2 amide bonds. The first kappa shape index (κ1) is 16.4. The van der Waals surface area contributed by atoms with Crippen molar-refractivity contribution in [3.05, 3.63) is 35.9 Å². The molecule has 5 nitrogen and oxygen atoms in total. The lowest BCUT2D eigenvalue weighted by atomic mass is 10.1. The van der Waals surface area contributed by atoms with Crippen LogP contribution in [0.2, 0.25) is 0 Å². The zero-order valence-corrected chi connectivity index (χ0v) is 13.7. The lowest BCUT2D eigenvalue weighted by molar-refractivity contribution is -0.0461. The number of nitrogens with one attached hydrogen (secondary N) is 1. The van der Waals surface area contributed by atoms with Crippen LogP contribution in [0.5, 0.6) is 0 Å². The van der Waals surface area contributed by atoms with Crippen molar-refractivity contribution in [2.24, 2.45) is 7.05 Å². The summed E-state index contributed by atoms with van der Waals surface area (Å²) in [6, 6.07) is 9.32. The van der Waals surface area contributed by atoms with Gasteiger partial charge in [0, 0.05) is 44.1 Å². The van der Waals surface area contributed by atoms with E-state index >= 15 is 0 Å². The fraction of sp³-hybridized carbons (Fsp3) is 0.412. The van der Waals surface area contributed by atoms with Gasteiger partial charge in [0.25, 0.3) is 5.92 Å². The molecule has 0 radical (unpaired) electrons. The molecule has 0 saturated carbocycles. The molecule has 2 aromatic rings. The van der Waals surface area contributed by atoms with Crippen LogP contribution in [0, 0.1) is 6.92 Å². The maximum atomic E-state index is 13.2. The van der Waals surface area contributed by atoms with E-state index in [0.29, 0.717) is 5.82 Å². The van der Waals surface area contributed by atoms with Gasteiger partial charge in [-0.1, -0.05) is 30.3 Å². The molecule has 3 rings (SSSR count). The predicted octanol–water partition coefficient (Wildman–Crippen LogP) is 3.66. The van der Waals surface area contributed by atoms with Gasteiger partial charge in [-0.05, 0) is 6.92 Å². The summed E-state index contributed by atoms with van der Waals surface area (Å²) in [7, 11) is 1.75. The Balaban J connectivity index is 1.76. The highest BCUT2D eigenvalue weighted by Crippen LogP contribution is 2.30. The SMILES string of the molecule is Cc1c(-c2ccccc2)nn(C)c1NC(=O)N1CCC(F)(F)CC1. The minimum absolute atomic E-state index is 0.0568. The number of piperidine rings is 1. The van der Waals surface area contributed by atoms with E-state index in [1.165, 1.54) is 4.90 Å². The number of halogens is 2. The number of anilines is 1. The molecule has 1 aliphatic heterocycles. The van der Waals surface area contributed by atoms with E-state index in [4.69, 9.17) is 0 Å². The number of urea groups is 1. The zero-order chi connectivity index (χ0) is 17.3. The highest BCUT2D eigenvalue weighted by molar-refractivity contribution is 5.90. The van der Waals surface area contributed by atoms with Gasteiger partial charge in [0.15, 0.2) is 0 Å². The zero-order valence-electron chi connectivity index (χ0n) is 13.7. The van der Waals surface area contributed by atoms with E-state index in [2.05, 4.69) is 10.4 Å². The quantitative estimate of drug-likeness (QED) is 0.911. The number of likely N-dealkylation sites (tertiary alicyclic amines) is 1. The Morgan fingerprint density at radius 1 is 1.21 bits per heavy atom. The lowest BCUT2D eigenvalue weighted by Gasteiger charge is -2.31. The minimum Gasteiger partial charge on any atom is -0.324 e. The monoisotopic (exact) mass is 334 g/mol. The van der Waals surface area contributed by atoms with Crippen LogP contribution >= 0.6 is 0 Å². The highest BCUT2D eigenvalue weighted by Gasteiger charge is 2.35. The van der Waals surface area contributed by atoms with Gasteiger partial charge in [-0.15, -0.1) is 0 Å². The third-order valence-corrected chi connectivity index (χ3v) is 4.34. The fourth-order valence-electron chi connectivity index (χ4n) is 2.89. The van der Waals surface area contributed by atoms with Gasteiger partial charge in [-0.3, -0.25) is 10.00 Å². The molecule has 1 saturated heterocycles. The van der Waals surface area contributed by atoms with Crippen LogP contribution in [0.25, 0.3) is 11.3 Å². The second-order valence-corrected chi connectivity index (χ2v) is 6.08. The number of aromatic nitrogens is 2. The van der Waals surface area contributed by atoms with Crippen molar-refractivity contribution >= 4 is 11.8 Å². The molecule has 2 heterocycles. The normalized spacial score (nSPS) is 16.9. The Morgan fingerprint density at radius 3 is 2.46 bits per heavy atom. The number of hydrogen-bond acceptors (Lipinski definition) is 2. The van der Waals surface area contributed by atoms with Crippen molar-refractivity contribution in [2.45, 2.75) is 25.7 Å². The molecule has 7 heteroatoms. The number of alkyl halides is 2. The maximum absolute atomic E-state index is 13.2. The van der Waals surface area contributed by atoms with Crippen molar-refractivity contribution in [3.63, 3.8) is 0 Å². The number of rotatable bonds is 2. The summed E-state index contributed by atoms with van der Waals surface area (Å²) in [5.74, 6) is -2.09. The number of aryl methyl sites for hydroxylation is 1. The highest BCUT2D eigenvalue weighted by atomic mass is 19.3. The molecule has 0 bridgehead atoms. The molecule has 128 valence electrons. The molecular weight excluding hydrogens is 314 g/mol. The van der Waals surface area contributed by atoms with Crippen molar-refractivity contribution < 1.29 is 13.6 Å². The molecule has 1 aromatic carbocycles. The first-order valence-corrected chi connectivity index (χ1v) is 7.90. The van der Waals surface area contributed by atoms with E-state index in [1.54, 1.807) is 11.7 Å². The Labute approximate surface area is 139 Å². The van der Waals surface area contributed by atoms with Crippen LogP contribution in [-0.4, -0.2) is 39.7 Å². The summed E-state index contributed by atoms with van der Waals surface area (Å²) in [6.45, 7) is 2.00. The third kappa shape index (κ3) is 3.25. The number of carbonyl (C=O) groups excluding carboxylic acids is 1. The third-order valence-electron chi connectivity index (χ3n) is 4.34. The van der Waals surface area contributed by atoms with Gasteiger partial charge in [-0.25, -0.2) is 13.6 Å². The molecule has 1 fully saturated rings. The molecule has 0 unspecified atom stereocenters. The first-order chi connectivity index (χ1) is 11.4. The molecule has 0 atom stereocenters. The van der Waals surface area contributed by atoms with E-state index in [1.807, 2.05) is 37.3 Å². The average molecular weight is 334 g/mol. The van der Waals surface area contributed by atoms with Crippen LogP contribution in [-0.2, 0) is 7.05 Å². The van der Waals surface area contributed by atoms with Crippen LogP contribution in [0.3, 0.4) is 0 Å². The van der Waals surface area contributed by atoms with Gasteiger partial charge in [0.1, 0.15) is 5.82 Å². The Morgan fingerprint density at radius 2 is 1.83 bits per heavy atom. The smallest absolute Gasteiger partial charge is 0.323 e. The van der Waals surface area contributed by atoms with Crippen molar-refractivity contribution in [3.8, 4) is 11.3 Å². The van der Waals surface area contributed by atoms with Crippen LogP contribution < -0.4 is 5.32 Å². The summed E-state index contributed by atoms with van der Waals surface area (Å²) < 4.78 is 28.0. The molecular formula is C17H20F2N4O. The lowest BCUT2D eigenvalue weighted by Crippen LogP contribution is -2.44. The molecule has 1 N–H and O–H groups in total. The molecule has 1 aliphatic rings. The van der Waals surface area contributed by atoms with Crippen LogP contribution in [0.4, 0.5) is 19.4 Å². The van der Waals surface area contributed by atoms with Gasteiger partial charge in [0.2, 0.25) is 0 Å². The number of amides is 2. The average Bonchev–Trinajstić information content (AvgIpc) is 2.83. The van der Waals surface area contributed by atoms with Crippen molar-refractivity contribution in [1.29, 1.82) is 0 Å². The Bertz CT molecular complexity index is 733. The van der Waals surface area contributed by atoms with E-state index in [0.717, 1.165) is 16.8 Å². The van der Waals surface area contributed by atoms with Crippen LogP contribution in [0.15, 0.2) is 30.3 Å². The van der Waals surface area contributed by atoms with Crippen molar-refractivity contribution in [2.75, 3.05) is 18.4 Å². The second-order valence-electron chi connectivity index (χ2n) is 6.08. The molecule has 24 heavy (non-hydrogen) atoms. The number of benzene rings is 1. The standard InChI is InChI=1S/C17H20F2N4O/c1-12-14(13-6-4-3-5-7-13)21-22(2)15(12)20-16(24)23-10-8-17(18,19)9-11-23/h3-7H,8-11H2,1-2H3,(H,20,24). The molecule has 0 spiro atoms. The number of nitrogens with zero attached hydrogens (tertiary/aromatic N) is 3. The Hall–Kier alpha value is -2.44. The predicted molar refractivity (Wildman–Crippen MR) is 88.2 cm³/mol. The number of carbonyl (C=O) groups is 1. The maximum Gasteiger partial charge on any atom is 0.323 e. The van der Waals surface area contributed by atoms with Crippen LogP contribution in [0.1, 0.15) is 18.4 Å². The van der Waals surface area contributed by atoms with Gasteiger partial charge in [0.05, 0.1) is 5.69 Å². The summed E-state index contributed by atoms with van der Waals surface area (Å²) in [5, 5.41) is 7.27. The number of hydrogen-bond donors (Lipinski definition) is 1. The first-order valence-electron chi connectivity index (χ1n) is 7.90. The van der Waals surface area contributed by atoms with Gasteiger partial charge >= 0.3 is 6.03 Å². The van der Waals surface area contributed by atoms with E-state index < -0.39 is 5.92 Å². The van der Waals surface area contributed by atoms with E-state index in [9.17, 15) is 13.6 Å². The van der Waals surface area contributed by atoms with E-state index in [-0.39, 0.29) is 32.0 Å². The van der Waals surface area contributed by atoms with Crippen molar-refractivity contribution in [1.82, 2.24) is 14.7 Å². The summed E-state index contributed by atoms with van der Waals surface area (Å²) in [4.78, 5) is 13.8. The summed E-state index contributed by atoms with van der Waals surface area (Å²) in [5.41, 5.74) is 2.60. The summed E-state index contributed by atoms with van der Waals surface area (Å²) >= 11 is 0. The fourth-order valence-corrected chi connectivity index (χ4v) is 2.89. The van der Waals surface area contributed by atoms with Gasteiger partial charge < -0.3 is 4.90 Å².